The molecule has 3 nitrogen and oxygen atoms in total. The molecule has 1 aromatic rings. The first-order valence-electron chi connectivity index (χ1n) is 4.76. The summed E-state index contributed by atoms with van der Waals surface area (Å²) in [5.74, 6) is 0. The van der Waals surface area contributed by atoms with Crippen LogP contribution in [-0.2, 0) is 0 Å². The van der Waals surface area contributed by atoms with Gasteiger partial charge in [0.2, 0.25) is 0 Å². The Labute approximate surface area is 83.6 Å². The van der Waals surface area contributed by atoms with E-state index >= 15 is 0 Å². The Hall–Kier alpha value is -0.900. The molecule has 0 saturated carbocycles. The fourth-order valence-corrected chi connectivity index (χ4v) is 1.34. The Bertz CT molecular complexity index is 248. The van der Waals surface area contributed by atoms with Gasteiger partial charge >= 0.3 is 0 Å². The maximum Gasteiger partial charge on any atom is 0.0814 e. The summed E-state index contributed by atoms with van der Waals surface area (Å²) in [5, 5.41) is 27.6. The second-order valence-electron chi connectivity index (χ2n) is 3.33. The number of benzene rings is 1. The molecule has 0 heterocycles. The predicted molar refractivity (Wildman–Crippen MR) is 53.7 cm³/mol. The second kappa shape index (κ2) is 5.75. The average Bonchev–Trinajstić information content (AvgIpc) is 2.19. The Morgan fingerprint density at radius 2 is 1.71 bits per heavy atom. The molecular formula is C11H16O3. The van der Waals surface area contributed by atoms with Gasteiger partial charge in [0.1, 0.15) is 0 Å². The highest BCUT2D eigenvalue weighted by molar-refractivity contribution is 5.17. The molecule has 1 aromatic carbocycles. The van der Waals surface area contributed by atoms with Crippen LogP contribution >= 0.6 is 0 Å². The van der Waals surface area contributed by atoms with Crippen LogP contribution in [-0.4, -0.2) is 28.0 Å². The minimum absolute atomic E-state index is 0.0529. The molecule has 0 unspecified atom stereocenters. The summed E-state index contributed by atoms with van der Waals surface area (Å²) in [6, 6.07) is 9.20. The fourth-order valence-electron chi connectivity index (χ4n) is 1.34. The lowest BCUT2D eigenvalue weighted by Crippen LogP contribution is -2.13. The third-order valence-corrected chi connectivity index (χ3v) is 2.14. The van der Waals surface area contributed by atoms with Crippen molar-refractivity contribution in [2.24, 2.45) is 0 Å². The molecule has 0 radical (unpaired) electrons. The number of rotatable bonds is 5. The van der Waals surface area contributed by atoms with Crippen molar-refractivity contribution in [1.82, 2.24) is 0 Å². The molecule has 0 fully saturated rings. The Kier molecular flexibility index (Phi) is 4.59. The van der Waals surface area contributed by atoms with Crippen molar-refractivity contribution in [2.75, 3.05) is 6.61 Å². The molecule has 3 heteroatoms. The van der Waals surface area contributed by atoms with Gasteiger partial charge in [-0.05, 0) is 12.0 Å². The zero-order valence-corrected chi connectivity index (χ0v) is 8.00. The van der Waals surface area contributed by atoms with Gasteiger partial charge in [-0.1, -0.05) is 30.3 Å². The van der Waals surface area contributed by atoms with Gasteiger partial charge in [0.25, 0.3) is 0 Å². The molecule has 0 amide bonds. The molecule has 0 aromatic heterocycles. The van der Waals surface area contributed by atoms with Crippen LogP contribution in [0.15, 0.2) is 30.3 Å². The van der Waals surface area contributed by atoms with Crippen LogP contribution in [0.5, 0.6) is 0 Å². The molecule has 3 N–H and O–H groups in total. The zero-order chi connectivity index (χ0) is 10.4. The maximum atomic E-state index is 9.68. The van der Waals surface area contributed by atoms with Gasteiger partial charge in [0, 0.05) is 13.0 Å². The second-order valence-corrected chi connectivity index (χ2v) is 3.33. The Morgan fingerprint density at radius 3 is 2.29 bits per heavy atom. The van der Waals surface area contributed by atoms with Crippen molar-refractivity contribution < 1.29 is 15.3 Å². The highest BCUT2D eigenvalue weighted by Crippen LogP contribution is 2.18. The highest BCUT2D eigenvalue weighted by atomic mass is 16.3. The summed E-state index contributed by atoms with van der Waals surface area (Å²) in [6.45, 7) is -0.0529. The molecule has 0 aliphatic carbocycles. The van der Waals surface area contributed by atoms with Gasteiger partial charge in [-0.3, -0.25) is 0 Å². The number of hydrogen-bond acceptors (Lipinski definition) is 3. The SMILES string of the molecule is OCC[C@H](O)C[C@H](O)c1ccccc1. The van der Waals surface area contributed by atoms with Crippen LogP contribution in [0.1, 0.15) is 24.5 Å². The lowest BCUT2D eigenvalue weighted by atomic mass is 10.0. The molecule has 78 valence electrons. The average molecular weight is 196 g/mol. The molecule has 1 rings (SSSR count). The van der Waals surface area contributed by atoms with Gasteiger partial charge in [-0.2, -0.15) is 0 Å². The van der Waals surface area contributed by atoms with E-state index in [-0.39, 0.29) is 13.0 Å². The normalized spacial score (nSPS) is 15.1. The van der Waals surface area contributed by atoms with Gasteiger partial charge in [-0.25, -0.2) is 0 Å². The van der Waals surface area contributed by atoms with Crippen LogP contribution in [0.2, 0.25) is 0 Å². The quantitative estimate of drug-likeness (QED) is 0.654. The zero-order valence-electron chi connectivity index (χ0n) is 8.00. The highest BCUT2D eigenvalue weighted by Gasteiger charge is 2.12. The van der Waals surface area contributed by atoms with Gasteiger partial charge in [0.15, 0.2) is 0 Å². The van der Waals surface area contributed by atoms with Crippen LogP contribution in [0.3, 0.4) is 0 Å². The van der Waals surface area contributed by atoms with E-state index in [9.17, 15) is 10.2 Å². The summed E-state index contributed by atoms with van der Waals surface area (Å²) in [6.07, 6.45) is -0.720. The van der Waals surface area contributed by atoms with Crippen molar-refractivity contribution in [3.8, 4) is 0 Å². The lowest BCUT2D eigenvalue weighted by Gasteiger charge is -2.14. The first-order valence-corrected chi connectivity index (χ1v) is 4.76. The van der Waals surface area contributed by atoms with Crippen molar-refractivity contribution in [2.45, 2.75) is 25.0 Å². The minimum Gasteiger partial charge on any atom is -0.396 e. The van der Waals surface area contributed by atoms with E-state index < -0.39 is 12.2 Å². The summed E-state index contributed by atoms with van der Waals surface area (Å²) in [4.78, 5) is 0. The predicted octanol–water partition coefficient (Wildman–Crippen LogP) is 0.853. The van der Waals surface area contributed by atoms with Gasteiger partial charge < -0.3 is 15.3 Å². The largest absolute Gasteiger partial charge is 0.396 e. The molecular weight excluding hydrogens is 180 g/mol. The number of aliphatic hydroxyl groups excluding tert-OH is 3. The monoisotopic (exact) mass is 196 g/mol. The first kappa shape index (κ1) is 11.2. The topological polar surface area (TPSA) is 60.7 Å². The molecule has 0 spiro atoms. The summed E-state index contributed by atoms with van der Waals surface area (Å²) < 4.78 is 0. The smallest absolute Gasteiger partial charge is 0.0814 e. The molecule has 0 aliphatic heterocycles. The number of hydrogen-bond donors (Lipinski definition) is 3. The van der Waals surface area contributed by atoms with Crippen LogP contribution < -0.4 is 0 Å². The molecule has 0 aliphatic rings. The van der Waals surface area contributed by atoms with E-state index in [0.29, 0.717) is 6.42 Å². The van der Waals surface area contributed by atoms with Crippen LogP contribution in [0, 0.1) is 0 Å². The summed E-state index contributed by atoms with van der Waals surface area (Å²) >= 11 is 0. The first-order chi connectivity index (χ1) is 6.74. The van der Waals surface area contributed by atoms with E-state index in [2.05, 4.69) is 0 Å². The van der Waals surface area contributed by atoms with E-state index in [4.69, 9.17) is 5.11 Å². The third kappa shape index (κ3) is 3.46. The van der Waals surface area contributed by atoms with E-state index in [1.165, 1.54) is 0 Å². The van der Waals surface area contributed by atoms with Crippen molar-refractivity contribution >= 4 is 0 Å². The molecule has 14 heavy (non-hydrogen) atoms. The van der Waals surface area contributed by atoms with E-state index in [1.54, 1.807) is 0 Å². The van der Waals surface area contributed by atoms with E-state index in [1.807, 2.05) is 30.3 Å². The lowest BCUT2D eigenvalue weighted by molar-refractivity contribution is 0.0639. The Balaban J connectivity index is 2.46. The Morgan fingerprint density at radius 1 is 1.07 bits per heavy atom. The third-order valence-electron chi connectivity index (χ3n) is 2.14. The summed E-state index contributed by atoms with van der Waals surface area (Å²) in [7, 11) is 0. The maximum absolute atomic E-state index is 9.68. The minimum atomic E-state index is -0.655. The van der Waals surface area contributed by atoms with Gasteiger partial charge in [0.05, 0.1) is 12.2 Å². The van der Waals surface area contributed by atoms with Gasteiger partial charge in [-0.15, -0.1) is 0 Å². The molecule has 0 saturated heterocycles. The number of aliphatic hydroxyl groups is 3. The van der Waals surface area contributed by atoms with E-state index in [0.717, 1.165) is 5.56 Å². The van der Waals surface area contributed by atoms with Crippen molar-refractivity contribution in [1.29, 1.82) is 0 Å². The standard InChI is InChI=1S/C11H16O3/c12-7-6-10(13)8-11(14)9-4-2-1-3-5-9/h1-5,10-14H,6-8H2/t10-,11-/m0/s1. The fraction of sp³-hybridized carbons (Fsp3) is 0.455. The summed E-state index contributed by atoms with van der Waals surface area (Å²) in [5.41, 5.74) is 0.796. The molecule has 2 atom stereocenters. The molecule has 0 bridgehead atoms. The van der Waals surface area contributed by atoms with Crippen molar-refractivity contribution in [3.63, 3.8) is 0 Å². The van der Waals surface area contributed by atoms with Crippen molar-refractivity contribution in [3.05, 3.63) is 35.9 Å². The van der Waals surface area contributed by atoms with Crippen LogP contribution in [0.25, 0.3) is 0 Å². The van der Waals surface area contributed by atoms with Crippen LogP contribution in [0.4, 0.5) is 0 Å².